The first-order chi connectivity index (χ1) is 9.72. The fraction of sp³-hybridized carbons (Fsp3) is 0.733. The average molecular weight is 296 g/mol. The van der Waals surface area contributed by atoms with E-state index in [1.807, 2.05) is 5.38 Å². The van der Waals surface area contributed by atoms with E-state index in [1.54, 1.807) is 11.3 Å². The van der Waals surface area contributed by atoms with Gasteiger partial charge in [0.15, 0.2) is 5.13 Å². The molecule has 0 bridgehead atoms. The maximum atomic E-state index is 11.2. The largest absolute Gasteiger partial charge is 0.469 e. The monoisotopic (exact) mass is 296 g/mol. The first-order valence-corrected chi connectivity index (χ1v) is 8.38. The number of hydrogen-bond donors (Lipinski definition) is 1. The second kappa shape index (κ2) is 7.62. The van der Waals surface area contributed by atoms with E-state index in [0.717, 1.165) is 23.2 Å². The molecule has 1 aliphatic carbocycles. The Kier molecular flexibility index (Phi) is 5.83. The molecule has 1 N–H and O–H groups in total. The Balaban J connectivity index is 1.91. The predicted octanol–water partition coefficient (Wildman–Crippen LogP) is 3.63. The summed E-state index contributed by atoms with van der Waals surface area (Å²) in [5, 5.41) is 6.43. The maximum absolute atomic E-state index is 11.2. The molecule has 1 aromatic heterocycles. The van der Waals surface area contributed by atoms with Crippen molar-refractivity contribution in [1.82, 2.24) is 4.98 Å². The van der Waals surface area contributed by atoms with Crippen LogP contribution < -0.4 is 5.32 Å². The highest BCUT2D eigenvalue weighted by Crippen LogP contribution is 2.30. The van der Waals surface area contributed by atoms with Gasteiger partial charge in [0.25, 0.3) is 0 Å². The summed E-state index contributed by atoms with van der Waals surface area (Å²) in [6.45, 7) is 2.23. The molecule has 1 unspecified atom stereocenters. The molecule has 0 amide bonds. The SMILES string of the molecule is CCC(Nc1nc(CC(=O)OC)cs1)C1CCCCC1. The molecule has 4 nitrogen and oxygen atoms in total. The molecule has 2 rings (SSSR count). The number of hydrogen-bond acceptors (Lipinski definition) is 5. The van der Waals surface area contributed by atoms with Crippen molar-refractivity contribution in [3.05, 3.63) is 11.1 Å². The van der Waals surface area contributed by atoms with Crippen molar-refractivity contribution < 1.29 is 9.53 Å². The normalized spacial score (nSPS) is 17.7. The van der Waals surface area contributed by atoms with Gasteiger partial charge in [-0.3, -0.25) is 4.79 Å². The second-order valence-corrected chi connectivity index (χ2v) is 6.31. The molecule has 0 saturated heterocycles. The van der Waals surface area contributed by atoms with Crippen LogP contribution in [-0.4, -0.2) is 24.1 Å². The fourth-order valence-electron chi connectivity index (χ4n) is 2.92. The summed E-state index contributed by atoms with van der Waals surface area (Å²) < 4.78 is 4.67. The van der Waals surface area contributed by atoms with Gasteiger partial charge in [0.1, 0.15) is 0 Å². The summed E-state index contributed by atoms with van der Waals surface area (Å²) in [5.74, 6) is 0.530. The minimum atomic E-state index is -0.235. The highest BCUT2D eigenvalue weighted by molar-refractivity contribution is 7.13. The Hall–Kier alpha value is -1.10. The van der Waals surface area contributed by atoms with Gasteiger partial charge >= 0.3 is 5.97 Å². The highest BCUT2D eigenvalue weighted by atomic mass is 32.1. The molecule has 0 radical (unpaired) electrons. The zero-order valence-electron chi connectivity index (χ0n) is 12.4. The van der Waals surface area contributed by atoms with Crippen LogP contribution in [0.2, 0.25) is 0 Å². The first kappa shape index (κ1) is 15.3. The minimum Gasteiger partial charge on any atom is -0.469 e. The quantitative estimate of drug-likeness (QED) is 0.814. The molecule has 20 heavy (non-hydrogen) atoms. The Morgan fingerprint density at radius 3 is 2.90 bits per heavy atom. The van der Waals surface area contributed by atoms with Crippen LogP contribution in [0.4, 0.5) is 5.13 Å². The summed E-state index contributed by atoms with van der Waals surface area (Å²) in [5.41, 5.74) is 0.794. The molecule has 1 fully saturated rings. The van der Waals surface area contributed by atoms with Crippen molar-refractivity contribution in [3.8, 4) is 0 Å². The standard InChI is InChI=1S/C15H24N2O2S/c1-3-13(11-7-5-4-6-8-11)17-15-16-12(10-20-15)9-14(18)19-2/h10-11,13H,3-9H2,1-2H3,(H,16,17). The number of rotatable bonds is 6. The number of ether oxygens (including phenoxy) is 1. The van der Waals surface area contributed by atoms with Crippen LogP contribution in [0.3, 0.4) is 0 Å². The van der Waals surface area contributed by atoms with Gasteiger partial charge in [-0.2, -0.15) is 0 Å². The lowest BCUT2D eigenvalue weighted by Crippen LogP contribution is -2.30. The van der Waals surface area contributed by atoms with E-state index < -0.39 is 0 Å². The van der Waals surface area contributed by atoms with Crippen LogP contribution in [0.25, 0.3) is 0 Å². The molecule has 1 heterocycles. The van der Waals surface area contributed by atoms with Crippen molar-refractivity contribution in [1.29, 1.82) is 0 Å². The number of aromatic nitrogens is 1. The van der Waals surface area contributed by atoms with Gasteiger partial charge in [0.2, 0.25) is 0 Å². The van der Waals surface area contributed by atoms with Gasteiger partial charge in [-0.15, -0.1) is 11.3 Å². The first-order valence-electron chi connectivity index (χ1n) is 7.50. The number of thiazole rings is 1. The predicted molar refractivity (Wildman–Crippen MR) is 82.1 cm³/mol. The zero-order valence-corrected chi connectivity index (χ0v) is 13.2. The lowest BCUT2D eigenvalue weighted by molar-refractivity contribution is -0.139. The molecule has 1 aromatic rings. The van der Waals surface area contributed by atoms with Crippen molar-refractivity contribution >= 4 is 22.4 Å². The molecule has 0 aliphatic heterocycles. The van der Waals surface area contributed by atoms with Crippen molar-refractivity contribution in [3.63, 3.8) is 0 Å². The lowest BCUT2D eigenvalue weighted by atomic mass is 9.83. The van der Waals surface area contributed by atoms with Gasteiger partial charge in [-0.05, 0) is 25.2 Å². The van der Waals surface area contributed by atoms with E-state index in [2.05, 4.69) is 22.0 Å². The molecule has 1 saturated carbocycles. The highest BCUT2D eigenvalue weighted by Gasteiger charge is 2.23. The minimum absolute atomic E-state index is 0.235. The Labute approximate surface area is 124 Å². The molecular formula is C15H24N2O2S. The van der Waals surface area contributed by atoms with Crippen molar-refractivity contribution in [2.75, 3.05) is 12.4 Å². The van der Waals surface area contributed by atoms with Gasteiger partial charge < -0.3 is 10.1 Å². The zero-order chi connectivity index (χ0) is 14.4. The Morgan fingerprint density at radius 1 is 1.50 bits per heavy atom. The van der Waals surface area contributed by atoms with Gasteiger partial charge in [0.05, 0.1) is 19.2 Å². The van der Waals surface area contributed by atoms with Gasteiger partial charge in [0, 0.05) is 11.4 Å². The van der Waals surface area contributed by atoms with Crippen LogP contribution in [0, 0.1) is 5.92 Å². The Morgan fingerprint density at radius 2 is 2.25 bits per heavy atom. The number of nitrogens with one attached hydrogen (secondary N) is 1. The summed E-state index contributed by atoms with van der Waals surface area (Å²) in [6, 6.07) is 0.507. The van der Waals surface area contributed by atoms with E-state index in [-0.39, 0.29) is 12.4 Å². The van der Waals surface area contributed by atoms with E-state index in [4.69, 9.17) is 0 Å². The van der Waals surface area contributed by atoms with Gasteiger partial charge in [-0.1, -0.05) is 26.2 Å². The van der Waals surface area contributed by atoms with E-state index in [1.165, 1.54) is 39.2 Å². The summed E-state index contributed by atoms with van der Waals surface area (Å²) >= 11 is 1.58. The smallest absolute Gasteiger partial charge is 0.311 e. The summed E-state index contributed by atoms with van der Waals surface area (Å²) in [4.78, 5) is 15.7. The number of carbonyl (C=O) groups is 1. The van der Waals surface area contributed by atoms with Crippen LogP contribution >= 0.6 is 11.3 Å². The number of nitrogens with zero attached hydrogens (tertiary/aromatic N) is 1. The third kappa shape index (κ3) is 4.20. The number of esters is 1. The molecular weight excluding hydrogens is 272 g/mol. The summed E-state index contributed by atoms with van der Waals surface area (Å²) in [6.07, 6.45) is 8.12. The maximum Gasteiger partial charge on any atom is 0.311 e. The third-order valence-corrected chi connectivity index (χ3v) is 4.89. The van der Waals surface area contributed by atoms with Crippen LogP contribution in [0.5, 0.6) is 0 Å². The van der Waals surface area contributed by atoms with Crippen molar-refractivity contribution in [2.24, 2.45) is 5.92 Å². The van der Waals surface area contributed by atoms with E-state index in [0.29, 0.717) is 6.04 Å². The van der Waals surface area contributed by atoms with E-state index in [9.17, 15) is 4.79 Å². The third-order valence-electron chi connectivity index (χ3n) is 4.07. The Bertz CT molecular complexity index is 427. The van der Waals surface area contributed by atoms with E-state index >= 15 is 0 Å². The van der Waals surface area contributed by atoms with Crippen LogP contribution in [-0.2, 0) is 16.0 Å². The molecule has 0 spiro atoms. The summed E-state index contributed by atoms with van der Waals surface area (Å²) in [7, 11) is 1.41. The van der Waals surface area contributed by atoms with Gasteiger partial charge in [-0.25, -0.2) is 4.98 Å². The van der Waals surface area contributed by atoms with Crippen LogP contribution in [0.15, 0.2) is 5.38 Å². The second-order valence-electron chi connectivity index (χ2n) is 5.45. The number of carbonyl (C=O) groups excluding carboxylic acids is 1. The average Bonchev–Trinajstić information content (AvgIpc) is 2.92. The number of anilines is 1. The molecule has 112 valence electrons. The fourth-order valence-corrected chi connectivity index (χ4v) is 3.70. The molecule has 0 aromatic carbocycles. The molecule has 1 aliphatic rings. The van der Waals surface area contributed by atoms with Crippen molar-refractivity contribution in [2.45, 2.75) is 57.9 Å². The van der Waals surface area contributed by atoms with Crippen LogP contribution in [0.1, 0.15) is 51.1 Å². The topological polar surface area (TPSA) is 51.2 Å². The molecule has 1 atom stereocenters. The lowest BCUT2D eigenvalue weighted by Gasteiger charge is -2.30. The number of methoxy groups -OCH3 is 1. The molecule has 5 heteroatoms.